The highest BCUT2D eigenvalue weighted by atomic mass is 32.2. The van der Waals surface area contributed by atoms with E-state index in [9.17, 15) is 4.39 Å². The van der Waals surface area contributed by atoms with Gasteiger partial charge in [-0.2, -0.15) is 0 Å². The molecular weight excluding hydrogens is 379 g/mol. The first-order valence-electron chi connectivity index (χ1n) is 8.40. The topological polar surface area (TPSA) is 43.6 Å². The third-order valence-electron chi connectivity index (χ3n) is 4.21. The predicted octanol–water partition coefficient (Wildman–Crippen LogP) is 5.35. The smallest absolute Gasteiger partial charge is 0.191 e. The second kappa shape index (κ2) is 7.62. The summed E-state index contributed by atoms with van der Waals surface area (Å²) in [6.07, 6.45) is 0. The number of rotatable bonds is 5. The predicted molar refractivity (Wildman–Crippen MR) is 108 cm³/mol. The molecule has 4 nitrogen and oxygen atoms in total. The van der Waals surface area contributed by atoms with Gasteiger partial charge in [-0.05, 0) is 36.8 Å². The Balaban J connectivity index is 1.48. The molecule has 0 saturated carbocycles. The van der Waals surface area contributed by atoms with Gasteiger partial charge in [0.2, 0.25) is 0 Å². The fourth-order valence-corrected chi connectivity index (χ4v) is 4.56. The van der Waals surface area contributed by atoms with Crippen LogP contribution in [0.25, 0.3) is 22.0 Å². The van der Waals surface area contributed by atoms with Crippen molar-refractivity contribution in [3.8, 4) is 22.0 Å². The molecule has 2 aromatic heterocycles. The molecule has 0 aliphatic heterocycles. The van der Waals surface area contributed by atoms with Crippen LogP contribution in [0.3, 0.4) is 0 Å². The molecule has 2 aromatic carbocycles. The van der Waals surface area contributed by atoms with Gasteiger partial charge in [0, 0.05) is 29.3 Å². The molecule has 0 spiro atoms. The molecule has 2 heterocycles. The largest absolute Gasteiger partial charge is 0.305 e. The second-order valence-electron chi connectivity index (χ2n) is 6.12. The van der Waals surface area contributed by atoms with Crippen LogP contribution in [-0.4, -0.2) is 19.7 Å². The van der Waals surface area contributed by atoms with Crippen molar-refractivity contribution in [3.63, 3.8) is 0 Å². The summed E-state index contributed by atoms with van der Waals surface area (Å²) in [5.41, 5.74) is 4.27. The van der Waals surface area contributed by atoms with Crippen LogP contribution in [0.1, 0.15) is 11.3 Å². The average molecular weight is 397 g/mol. The molecule has 0 fully saturated rings. The van der Waals surface area contributed by atoms with Crippen LogP contribution >= 0.6 is 23.1 Å². The van der Waals surface area contributed by atoms with Crippen molar-refractivity contribution in [1.82, 2.24) is 19.7 Å². The summed E-state index contributed by atoms with van der Waals surface area (Å²) in [6.45, 7) is 2.10. The molecule has 0 radical (unpaired) electrons. The van der Waals surface area contributed by atoms with Gasteiger partial charge in [-0.3, -0.25) is 0 Å². The van der Waals surface area contributed by atoms with E-state index in [-0.39, 0.29) is 5.82 Å². The Morgan fingerprint density at radius 3 is 2.63 bits per heavy atom. The molecule has 4 aromatic rings. The third-order valence-corrected chi connectivity index (χ3v) is 6.19. The number of thiazole rings is 1. The van der Waals surface area contributed by atoms with Crippen molar-refractivity contribution in [3.05, 3.63) is 71.0 Å². The summed E-state index contributed by atoms with van der Waals surface area (Å²) in [7, 11) is 1.92. The van der Waals surface area contributed by atoms with E-state index in [4.69, 9.17) is 4.98 Å². The summed E-state index contributed by atoms with van der Waals surface area (Å²) >= 11 is 3.25. The average Bonchev–Trinajstić information content (AvgIpc) is 3.28. The van der Waals surface area contributed by atoms with E-state index in [1.807, 2.05) is 23.7 Å². The van der Waals surface area contributed by atoms with Gasteiger partial charge < -0.3 is 4.57 Å². The number of aryl methyl sites for hydroxylation is 1. The zero-order valence-electron chi connectivity index (χ0n) is 14.9. The molecular formula is C20H17FN4S2. The van der Waals surface area contributed by atoms with Crippen LogP contribution in [0.2, 0.25) is 0 Å². The van der Waals surface area contributed by atoms with Gasteiger partial charge in [0.15, 0.2) is 11.0 Å². The van der Waals surface area contributed by atoms with E-state index in [2.05, 4.69) is 34.6 Å². The van der Waals surface area contributed by atoms with Crippen molar-refractivity contribution < 1.29 is 4.39 Å². The Bertz CT molecular complexity index is 1070. The number of hydrogen-bond acceptors (Lipinski definition) is 5. The van der Waals surface area contributed by atoms with E-state index in [1.54, 1.807) is 35.2 Å². The van der Waals surface area contributed by atoms with E-state index >= 15 is 0 Å². The number of thioether (sulfide) groups is 1. The third kappa shape index (κ3) is 3.79. The van der Waals surface area contributed by atoms with Crippen LogP contribution in [-0.2, 0) is 12.8 Å². The molecule has 7 heteroatoms. The molecule has 4 rings (SSSR count). The SMILES string of the molecule is Cc1ccccc1-c1nc(CSc2nnc(-c3ccc(F)cc3)n2C)cs1. The van der Waals surface area contributed by atoms with Crippen LogP contribution in [0.15, 0.2) is 59.1 Å². The zero-order valence-corrected chi connectivity index (χ0v) is 16.5. The van der Waals surface area contributed by atoms with Crippen molar-refractivity contribution >= 4 is 23.1 Å². The first kappa shape index (κ1) is 17.9. The minimum atomic E-state index is -0.261. The van der Waals surface area contributed by atoms with Gasteiger partial charge in [0.05, 0.1) is 5.69 Å². The lowest BCUT2D eigenvalue weighted by molar-refractivity contribution is 0.628. The van der Waals surface area contributed by atoms with Crippen molar-refractivity contribution in [1.29, 1.82) is 0 Å². The molecule has 136 valence electrons. The van der Waals surface area contributed by atoms with Crippen molar-refractivity contribution in [2.24, 2.45) is 7.05 Å². The summed E-state index contributed by atoms with van der Waals surface area (Å²) in [4.78, 5) is 4.76. The molecule has 0 aliphatic carbocycles. The van der Waals surface area contributed by atoms with Gasteiger partial charge in [0.25, 0.3) is 0 Å². The minimum absolute atomic E-state index is 0.261. The van der Waals surface area contributed by atoms with Crippen LogP contribution < -0.4 is 0 Å². The molecule has 0 N–H and O–H groups in total. The lowest BCUT2D eigenvalue weighted by Crippen LogP contribution is -1.95. The van der Waals surface area contributed by atoms with E-state index in [1.165, 1.54) is 23.3 Å². The highest BCUT2D eigenvalue weighted by Crippen LogP contribution is 2.30. The number of benzene rings is 2. The van der Waals surface area contributed by atoms with Gasteiger partial charge >= 0.3 is 0 Å². The van der Waals surface area contributed by atoms with Crippen LogP contribution in [0.5, 0.6) is 0 Å². The highest BCUT2D eigenvalue weighted by molar-refractivity contribution is 7.98. The molecule has 0 aliphatic rings. The fourth-order valence-electron chi connectivity index (χ4n) is 2.74. The Morgan fingerprint density at radius 2 is 1.85 bits per heavy atom. The Kier molecular flexibility index (Phi) is 5.05. The molecule has 0 amide bonds. The Morgan fingerprint density at radius 1 is 1.07 bits per heavy atom. The van der Waals surface area contributed by atoms with Gasteiger partial charge in [-0.25, -0.2) is 9.37 Å². The first-order valence-corrected chi connectivity index (χ1v) is 10.3. The van der Waals surface area contributed by atoms with Crippen molar-refractivity contribution in [2.45, 2.75) is 17.8 Å². The van der Waals surface area contributed by atoms with Crippen molar-refractivity contribution in [2.75, 3.05) is 0 Å². The van der Waals surface area contributed by atoms with Crippen LogP contribution in [0.4, 0.5) is 4.39 Å². The maximum atomic E-state index is 13.1. The molecule has 27 heavy (non-hydrogen) atoms. The lowest BCUT2D eigenvalue weighted by Gasteiger charge is -2.03. The minimum Gasteiger partial charge on any atom is -0.305 e. The quantitative estimate of drug-likeness (QED) is 0.427. The summed E-state index contributed by atoms with van der Waals surface area (Å²) in [6, 6.07) is 14.6. The Hall–Kier alpha value is -2.51. The summed E-state index contributed by atoms with van der Waals surface area (Å²) < 4.78 is 15.0. The number of halogens is 1. The molecule has 0 unspecified atom stereocenters. The fraction of sp³-hybridized carbons (Fsp3) is 0.150. The summed E-state index contributed by atoms with van der Waals surface area (Å²) in [5.74, 6) is 1.18. The number of nitrogens with zero attached hydrogens (tertiary/aromatic N) is 4. The van der Waals surface area contributed by atoms with Gasteiger partial charge in [-0.1, -0.05) is 36.0 Å². The number of aromatic nitrogens is 4. The summed E-state index contributed by atoms with van der Waals surface area (Å²) in [5, 5.41) is 12.4. The van der Waals surface area contributed by atoms with E-state index < -0.39 is 0 Å². The van der Waals surface area contributed by atoms with E-state index in [0.29, 0.717) is 0 Å². The van der Waals surface area contributed by atoms with Crippen LogP contribution in [0, 0.1) is 12.7 Å². The maximum Gasteiger partial charge on any atom is 0.191 e. The van der Waals surface area contributed by atoms with E-state index in [0.717, 1.165) is 33.0 Å². The maximum absolute atomic E-state index is 13.1. The molecule has 0 bridgehead atoms. The number of hydrogen-bond donors (Lipinski definition) is 0. The Labute approximate surface area is 165 Å². The highest BCUT2D eigenvalue weighted by Gasteiger charge is 2.13. The standard InChI is InChI=1S/C20H17FN4S2/c1-13-5-3-4-6-17(13)19-22-16(11-26-19)12-27-20-24-23-18(25(20)2)14-7-9-15(21)10-8-14/h3-11H,12H2,1-2H3. The van der Waals surface area contributed by atoms with Gasteiger partial charge in [-0.15, -0.1) is 21.5 Å². The lowest BCUT2D eigenvalue weighted by atomic mass is 10.1. The first-order chi connectivity index (χ1) is 13.1. The normalized spacial score (nSPS) is 11.1. The van der Waals surface area contributed by atoms with Gasteiger partial charge in [0.1, 0.15) is 10.8 Å². The second-order valence-corrected chi connectivity index (χ2v) is 7.92. The zero-order chi connectivity index (χ0) is 18.8. The molecule has 0 saturated heterocycles. The molecule has 0 atom stereocenters. The monoisotopic (exact) mass is 396 g/mol.